The minimum atomic E-state index is -3.16. The monoisotopic (exact) mass is 408 g/mol. The zero-order chi connectivity index (χ0) is 20.9. The van der Waals surface area contributed by atoms with Gasteiger partial charge in [-0.2, -0.15) is 0 Å². The molecule has 1 heterocycles. The summed E-state index contributed by atoms with van der Waals surface area (Å²) in [6, 6.07) is 8.56. The minimum Gasteiger partial charge on any atom is -0.349 e. The Morgan fingerprint density at radius 3 is 2.07 bits per heavy atom. The molecule has 2 rings (SSSR count). The second kappa shape index (κ2) is 9.88. The van der Waals surface area contributed by atoms with Crippen LogP contribution >= 0.6 is 0 Å². The molecule has 1 amide bonds. The van der Waals surface area contributed by atoms with Crippen molar-refractivity contribution in [1.82, 2.24) is 9.62 Å². The normalized spacial score (nSPS) is 18.8. The fourth-order valence-electron chi connectivity index (χ4n) is 3.75. The highest BCUT2D eigenvalue weighted by molar-refractivity contribution is 7.89. The van der Waals surface area contributed by atoms with Crippen LogP contribution in [0.2, 0.25) is 0 Å². The molecule has 0 aromatic heterocycles. The average molecular weight is 409 g/mol. The van der Waals surface area contributed by atoms with Crippen molar-refractivity contribution in [2.75, 3.05) is 18.8 Å². The van der Waals surface area contributed by atoms with Gasteiger partial charge in [0, 0.05) is 19.0 Å². The Hall–Kier alpha value is -1.40. The second-order valence-corrected chi connectivity index (χ2v) is 10.5. The summed E-state index contributed by atoms with van der Waals surface area (Å²) < 4.78 is 25.5. The van der Waals surface area contributed by atoms with E-state index in [1.807, 2.05) is 0 Å². The Morgan fingerprint density at radius 1 is 1.07 bits per heavy atom. The maximum atomic E-state index is 12.9. The molecule has 1 aromatic carbocycles. The fourth-order valence-corrected chi connectivity index (χ4v) is 4.88. The van der Waals surface area contributed by atoms with Gasteiger partial charge in [-0.3, -0.25) is 4.79 Å². The van der Waals surface area contributed by atoms with E-state index in [-0.39, 0.29) is 29.5 Å². The van der Waals surface area contributed by atoms with Crippen LogP contribution in [0.25, 0.3) is 0 Å². The molecule has 28 heavy (non-hydrogen) atoms. The Labute approximate surface area is 170 Å². The number of nitrogens with one attached hydrogen (secondary N) is 1. The van der Waals surface area contributed by atoms with Gasteiger partial charge in [0.05, 0.1) is 11.8 Å². The first-order valence-electron chi connectivity index (χ1n) is 10.6. The first kappa shape index (κ1) is 22.9. The van der Waals surface area contributed by atoms with Crippen LogP contribution in [0, 0.1) is 11.8 Å². The number of sulfonamides is 1. The quantitative estimate of drug-likeness (QED) is 0.705. The van der Waals surface area contributed by atoms with Gasteiger partial charge in [-0.1, -0.05) is 52.0 Å². The van der Waals surface area contributed by atoms with Gasteiger partial charge in [0.2, 0.25) is 15.9 Å². The zero-order valence-corrected chi connectivity index (χ0v) is 18.8. The summed E-state index contributed by atoms with van der Waals surface area (Å²) in [4.78, 5) is 12.9. The van der Waals surface area contributed by atoms with E-state index >= 15 is 0 Å². The Bertz CT molecular complexity index is 736. The van der Waals surface area contributed by atoms with E-state index in [1.165, 1.54) is 9.87 Å². The smallest absolute Gasteiger partial charge is 0.223 e. The van der Waals surface area contributed by atoms with Gasteiger partial charge in [0.25, 0.3) is 0 Å². The van der Waals surface area contributed by atoms with E-state index in [9.17, 15) is 13.2 Å². The van der Waals surface area contributed by atoms with Crippen molar-refractivity contribution >= 4 is 15.9 Å². The van der Waals surface area contributed by atoms with E-state index < -0.39 is 10.0 Å². The number of hydrogen-bond donors (Lipinski definition) is 1. The predicted molar refractivity (Wildman–Crippen MR) is 115 cm³/mol. The maximum absolute atomic E-state index is 12.9. The van der Waals surface area contributed by atoms with Crippen molar-refractivity contribution in [2.45, 2.75) is 65.8 Å². The number of amides is 1. The van der Waals surface area contributed by atoms with Crippen LogP contribution in [0.3, 0.4) is 0 Å². The molecule has 5 nitrogen and oxygen atoms in total. The van der Waals surface area contributed by atoms with Crippen molar-refractivity contribution < 1.29 is 13.2 Å². The summed E-state index contributed by atoms with van der Waals surface area (Å²) in [5.41, 5.74) is 2.45. The molecule has 1 aromatic rings. The van der Waals surface area contributed by atoms with E-state index in [1.54, 1.807) is 6.92 Å². The third-order valence-corrected chi connectivity index (χ3v) is 7.91. The first-order valence-corrected chi connectivity index (χ1v) is 12.2. The summed E-state index contributed by atoms with van der Waals surface area (Å²) in [6.07, 6.45) is 2.28. The van der Waals surface area contributed by atoms with Gasteiger partial charge in [0.15, 0.2) is 0 Å². The Kier molecular flexibility index (Phi) is 8.07. The lowest BCUT2D eigenvalue weighted by Gasteiger charge is -2.32. The first-order chi connectivity index (χ1) is 13.2. The number of carbonyl (C=O) groups excluding carboxylic acids is 1. The Morgan fingerprint density at radius 2 is 1.61 bits per heavy atom. The number of hydrogen-bond acceptors (Lipinski definition) is 3. The largest absolute Gasteiger partial charge is 0.349 e. The number of nitrogens with zero attached hydrogens (tertiary/aromatic N) is 1. The second-order valence-electron chi connectivity index (χ2n) is 8.28. The van der Waals surface area contributed by atoms with Gasteiger partial charge in [-0.25, -0.2) is 12.7 Å². The number of rotatable bonds is 8. The lowest BCUT2D eigenvalue weighted by Crippen LogP contribution is -2.44. The number of piperidine rings is 1. The molecule has 1 saturated heterocycles. The molecule has 0 bridgehead atoms. The van der Waals surface area contributed by atoms with Crippen LogP contribution in [0.4, 0.5) is 0 Å². The lowest BCUT2D eigenvalue weighted by molar-refractivity contribution is -0.127. The molecule has 2 unspecified atom stereocenters. The third-order valence-electron chi connectivity index (χ3n) is 6.02. The highest BCUT2D eigenvalue weighted by atomic mass is 32.2. The third kappa shape index (κ3) is 5.57. The fraction of sp³-hybridized carbons (Fsp3) is 0.682. The molecule has 158 valence electrons. The minimum absolute atomic E-state index is 0.0316. The van der Waals surface area contributed by atoms with E-state index in [0.717, 1.165) is 12.0 Å². The van der Waals surface area contributed by atoms with Crippen molar-refractivity contribution in [2.24, 2.45) is 11.8 Å². The molecule has 6 heteroatoms. The van der Waals surface area contributed by atoms with Gasteiger partial charge >= 0.3 is 0 Å². The highest BCUT2D eigenvalue weighted by Gasteiger charge is 2.31. The lowest BCUT2D eigenvalue weighted by atomic mass is 9.91. The van der Waals surface area contributed by atoms with Gasteiger partial charge in [-0.15, -0.1) is 0 Å². The Balaban J connectivity index is 2.02. The number of carbonyl (C=O) groups is 1. The summed E-state index contributed by atoms with van der Waals surface area (Å²) >= 11 is 0. The van der Waals surface area contributed by atoms with Crippen LogP contribution in [0.15, 0.2) is 24.3 Å². The van der Waals surface area contributed by atoms with Crippen LogP contribution < -0.4 is 5.32 Å². The van der Waals surface area contributed by atoms with E-state index in [4.69, 9.17) is 0 Å². The molecule has 1 aliphatic rings. The summed E-state index contributed by atoms with van der Waals surface area (Å²) in [7, 11) is -3.16. The van der Waals surface area contributed by atoms with Crippen LogP contribution in [-0.4, -0.2) is 37.5 Å². The molecule has 0 saturated carbocycles. The van der Waals surface area contributed by atoms with Crippen molar-refractivity contribution in [3.8, 4) is 0 Å². The van der Waals surface area contributed by atoms with Crippen LogP contribution in [-0.2, 0) is 14.8 Å². The zero-order valence-electron chi connectivity index (χ0n) is 17.9. The van der Waals surface area contributed by atoms with E-state index in [2.05, 4.69) is 57.3 Å². The summed E-state index contributed by atoms with van der Waals surface area (Å²) in [5.74, 6) is 0.846. The average Bonchev–Trinajstić information content (AvgIpc) is 2.71. The van der Waals surface area contributed by atoms with Gasteiger partial charge in [-0.05, 0) is 49.1 Å². The standard InChI is InChI=1S/C22H36N2O3S/c1-6-17(5)18-8-10-19(11-9-18)21(16(3)4)23-22(25)20-12-14-24(15-13-20)28(26,27)7-2/h8-11,16-17,20-21H,6-7,12-15H2,1-5H3,(H,23,25). The van der Waals surface area contributed by atoms with Crippen molar-refractivity contribution in [1.29, 1.82) is 0 Å². The van der Waals surface area contributed by atoms with Gasteiger partial charge in [0.1, 0.15) is 0 Å². The summed E-state index contributed by atoms with van der Waals surface area (Å²) in [6.45, 7) is 11.2. The molecule has 0 radical (unpaired) electrons. The molecule has 1 aliphatic heterocycles. The van der Waals surface area contributed by atoms with Crippen LogP contribution in [0.1, 0.15) is 77.0 Å². The highest BCUT2D eigenvalue weighted by Crippen LogP contribution is 2.27. The molecular weight excluding hydrogens is 372 g/mol. The molecular formula is C22H36N2O3S. The predicted octanol–water partition coefficient (Wildman–Crippen LogP) is 4.08. The molecule has 0 spiro atoms. The van der Waals surface area contributed by atoms with Crippen molar-refractivity contribution in [3.63, 3.8) is 0 Å². The van der Waals surface area contributed by atoms with Crippen LogP contribution in [0.5, 0.6) is 0 Å². The SMILES string of the molecule is CCC(C)c1ccc(C(NC(=O)C2CCN(S(=O)(=O)CC)CC2)C(C)C)cc1. The maximum Gasteiger partial charge on any atom is 0.223 e. The molecule has 1 fully saturated rings. The van der Waals surface area contributed by atoms with Crippen molar-refractivity contribution in [3.05, 3.63) is 35.4 Å². The molecule has 0 aliphatic carbocycles. The summed E-state index contributed by atoms with van der Waals surface area (Å²) in [5, 5.41) is 3.23. The molecule has 2 atom stereocenters. The topological polar surface area (TPSA) is 66.5 Å². The van der Waals surface area contributed by atoms with Gasteiger partial charge < -0.3 is 5.32 Å². The molecule has 1 N–H and O–H groups in total. The number of benzene rings is 1. The van der Waals surface area contributed by atoms with E-state index in [0.29, 0.717) is 31.8 Å².